The molecule has 0 spiro atoms. The van der Waals surface area contributed by atoms with Crippen molar-refractivity contribution in [2.45, 2.75) is 57.3 Å². The minimum atomic E-state index is -4.70. The monoisotopic (exact) mass is 533 g/mol. The van der Waals surface area contributed by atoms with E-state index in [0.717, 1.165) is 18.2 Å². The number of nitrogens with two attached hydrogens (primary N) is 2. The fraction of sp³-hybridized carbons (Fsp3) is 0.321. The van der Waals surface area contributed by atoms with Crippen molar-refractivity contribution in [3.8, 4) is 11.5 Å². The van der Waals surface area contributed by atoms with Gasteiger partial charge in [0.25, 0.3) is 5.91 Å². The van der Waals surface area contributed by atoms with Crippen LogP contribution in [0.25, 0.3) is 0 Å². The van der Waals surface area contributed by atoms with Crippen molar-refractivity contribution in [2.24, 2.45) is 11.5 Å². The van der Waals surface area contributed by atoms with Crippen LogP contribution >= 0.6 is 0 Å². The highest BCUT2D eigenvalue weighted by Gasteiger charge is 2.40. The lowest BCUT2D eigenvalue weighted by Gasteiger charge is -2.20. The maximum absolute atomic E-state index is 14.4. The molecule has 3 aromatic carbocycles. The molecule has 5 nitrogen and oxygen atoms in total. The summed E-state index contributed by atoms with van der Waals surface area (Å²) in [5.41, 5.74) is 11.2. The summed E-state index contributed by atoms with van der Waals surface area (Å²) in [7, 11) is 0. The van der Waals surface area contributed by atoms with Crippen molar-refractivity contribution < 1.29 is 31.5 Å². The Balaban J connectivity index is 1.74. The van der Waals surface area contributed by atoms with Gasteiger partial charge in [-0.05, 0) is 98.7 Å². The molecule has 4 rings (SSSR count). The van der Waals surface area contributed by atoms with E-state index in [1.54, 1.807) is 13.8 Å². The Bertz CT molecular complexity index is 1350. The molecule has 1 aliphatic carbocycles. The van der Waals surface area contributed by atoms with Gasteiger partial charge in [0, 0.05) is 23.3 Å². The topological polar surface area (TPSA) is 90.4 Å². The molecule has 0 aliphatic heterocycles. The minimum Gasteiger partial charge on any atom is -0.456 e. The average molecular weight is 534 g/mol. The van der Waals surface area contributed by atoms with Gasteiger partial charge >= 0.3 is 6.18 Å². The van der Waals surface area contributed by atoms with Gasteiger partial charge in [0.05, 0.1) is 11.1 Å². The van der Waals surface area contributed by atoms with Gasteiger partial charge in [0.2, 0.25) is 0 Å². The van der Waals surface area contributed by atoms with E-state index in [4.69, 9.17) is 16.2 Å². The van der Waals surface area contributed by atoms with Crippen LogP contribution < -0.4 is 21.5 Å². The number of benzene rings is 3. The number of ether oxygens (including phenoxy) is 1. The van der Waals surface area contributed by atoms with Gasteiger partial charge in [-0.2, -0.15) is 13.2 Å². The summed E-state index contributed by atoms with van der Waals surface area (Å²) in [6, 6.07) is 8.37. The number of nitrogens with one attached hydrogen (secondary N) is 1. The summed E-state index contributed by atoms with van der Waals surface area (Å²) >= 11 is 0. The molecule has 3 aromatic rings. The molecule has 2 unspecified atom stereocenters. The van der Waals surface area contributed by atoms with Crippen molar-refractivity contribution in [3.63, 3.8) is 0 Å². The van der Waals surface area contributed by atoms with Gasteiger partial charge in [-0.1, -0.05) is 0 Å². The molecular weight excluding hydrogens is 505 g/mol. The SMILES string of the molecule is Cc1cc(F)ccc1Oc1cc(C2CC2)c(C(F)(F)F)cc1C(=O)Nc1ccc(F)c(C(N)CC(C)N)c1. The molecule has 38 heavy (non-hydrogen) atoms. The van der Waals surface area contributed by atoms with Crippen LogP contribution in [0.4, 0.5) is 27.6 Å². The lowest BCUT2D eigenvalue weighted by Crippen LogP contribution is -2.24. The summed E-state index contributed by atoms with van der Waals surface area (Å²) < 4.78 is 75.8. The van der Waals surface area contributed by atoms with Gasteiger partial charge in [0.1, 0.15) is 23.1 Å². The first-order valence-corrected chi connectivity index (χ1v) is 12.1. The molecule has 0 aromatic heterocycles. The predicted octanol–water partition coefficient (Wildman–Crippen LogP) is 6.95. The second-order valence-corrected chi connectivity index (χ2v) is 9.73. The molecule has 1 fully saturated rings. The minimum absolute atomic E-state index is 0.0368. The van der Waals surface area contributed by atoms with Gasteiger partial charge in [-0.25, -0.2) is 8.78 Å². The summed E-state index contributed by atoms with van der Waals surface area (Å²) in [6.07, 6.45) is -3.25. The number of hydrogen-bond donors (Lipinski definition) is 3. The standard InChI is InChI=1S/C28H28F5N3O2/c1-14-9-17(29)5-8-25(14)38-26-13-19(16-3-4-16)22(28(31,32)33)12-21(26)27(37)36-18-6-7-23(30)20(11-18)24(35)10-15(2)34/h5-9,11-13,15-16,24H,3-4,10,34-35H2,1-2H3,(H,36,37). The number of aryl methyl sites for hydroxylation is 1. The number of carbonyl (C=O) groups excluding carboxylic acids is 1. The second-order valence-electron chi connectivity index (χ2n) is 9.73. The molecular formula is C28H28F5N3O2. The number of hydrogen-bond acceptors (Lipinski definition) is 4. The summed E-state index contributed by atoms with van der Waals surface area (Å²) in [5, 5.41) is 2.53. The third-order valence-corrected chi connectivity index (χ3v) is 6.35. The highest BCUT2D eigenvalue weighted by atomic mass is 19.4. The highest BCUT2D eigenvalue weighted by Crippen LogP contribution is 2.48. The Labute approximate surface area is 217 Å². The van der Waals surface area contributed by atoms with Crippen LogP contribution in [0, 0.1) is 18.6 Å². The van der Waals surface area contributed by atoms with Crippen molar-refractivity contribution in [3.05, 3.63) is 88.0 Å². The second kappa shape index (κ2) is 10.7. The molecule has 0 radical (unpaired) electrons. The normalized spacial score (nSPS) is 15.2. The maximum atomic E-state index is 14.4. The van der Waals surface area contributed by atoms with E-state index < -0.39 is 35.3 Å². The van der Waals surface area contributed by atoms with E-state index in [1.165, 1.54) is 30.3 Å². The van der Waals surface area contributed by atoms with E-state index in [2.05, 4.69) is 5.32 Å². The van der Waals surface area contributed by atoms with Gasteiger partial charge in [-0.3, -0.25) is 4.79 Å². The molecule has 0 bridgehead atoms. The number of halogens is 5. The molecule has 1 saturated carbocycles. The molecule has 202 valence electrons. The molecule has 0 heterocycles. The van der Waals surface area contributed by atoms with E-state index >= 15 is 0 Å². The molecule has 5 N–H and O–H groups in total. The zero-order chi connectivity index (χ0) is 27.8. The number of anilines is 1. The van der Waals surface area contributed by atoms with Gasteiger partial charge in [-0.15, -0.1) is 0 Å². The lowest BCUT2D eigenvalue weighted by molar-refractivity contribution is -0.138. The zero-order valence-electron chi connectivity index (χ0n) is 20.8. The smallest absolute Gasteiger partial charge is 0.416 e. The Kier molecular flexibility index (Phi) is 7.75. The average Bonchev–Trinajstić information content (AvgIpc) is 3.66. The Morgan fingerprint density at radius 3 is 2.37 bits per heavy atom. The number of alkyl halides is 3. The molecule has 2 atom stereocenters. The third kappa shape index (κ3) is 6.31. The maximum Gasteiger partial charge on any atom is 0.416 e. The van der Waals surface area contributed by atoms with Crippen molar-refractivity contribution in [1.82, 2.24) is 0 Å². The first kappa shape index (κ1) is 27.5. The highest BCUT2D eigenvalue weighted by molar-refractivity contribution is 6.06. The van der Waals surface area contributed by atoms with Crippen LogP contribution in [0.1, 0.15) is 70.8 Å². The fourth-order valence-electron chi connectivity index (χ4n) is 4.31. The number of rotatable bonds is 8. The van der Waals surface area contributed by atoms with Crippen LogP contribution in [-0.4, -0.2) is 11.9 Å². The van der Waals surface area contributed by atoms with Crippen molar-refractivity contribution in [2.75, 3.05) is 5.32 Å². The fourth-order valence-corrected chi connectivity index (χ4v) is 4.31. The molecule has 0 saturated heterocycles. The van der Waals surface area contributed by atoms with Crippen molar-refractivity contribution >= 4 is 11.6 Å². The first-order valence-electron chi connectivity index (χ1n) is 12.1. The molecule has 10 heteroatoms. The zero-order valence-corrected chi connectivity index (χ0v) is 20.8. The summed E-state index contributed by atoms with van der Waals surface area (Å²) in [5.74, 6) is -2.22. The van der Waals surface area contributed by atoms with E-state index in [1.807, 2.05) is 0 Å². The van der Waals surface area contributed by atoms with Gasteiger partial charge in [0.15, 0.2) is 0 Å². The predicted molar refractivity (Wildman–Crippen MR) is 134 cm³/mol. The lowest BCUT2D eigenvalue weighted by atomic mass is 9.97. The van der Waals surface area contributed by atoms with E-state index in [9.17, 15) is 26.7 Å². The summed E-state index contributed by atoms with van der Waals surface area (Å²) in [4.78, 5) is 13.3. The van der Waals surface area contributed by atoms with Crippen molar-refractivity contribution in [1.29, 1.82) is 0 Å². The number of amides is 1. The Morgan fingerprint density at radius 2 is 1.76 bits per heavy atom. The van der Waals surface area contributed by atoms with Crippen LogP contribution in [0.5, 0.6) is 11.5 Å². The third-order valence-electron chi connectivity index (χ3n) is 6.35. The quantitative estimate of drug-likeness (QED) is 0.273. The first-order chi connectivity index (χ1) is 17.8. The molecule has 1 aliphatic rings. The van der Waals surface area contributed by atoms with E-state index in [-0.39, 0.29) is 52.3 Å². The van der Waals surface area contributed by atoms with Crippen LogP contribution in [0.2, 0.25) is 0 Å². The molecule has 1 amide bonds. The largest absolute Gasteiger partial charge is 0.456 e. The number of carbonyl (C=O) groups is 1. The Hall–Kier alpha value is -3.50. The van der Waals surface area contributed by atoms with E-state index in [0.29, 0.717) is 18.4 Å². The Morgan fingerprint density at radius 1 is 1.05 bits per heavy atom. The van der Waals surface area contributed by atoms with Crippen LogP contribution in [0.15, 0.2) is 48.5 Å². The summed E-state index contributed by atoms with van der Waals surface area (Å²) in [6.45, 7) is 3.30. The van der Waals surface area contributed by atoms with Crippen LogP contribution in [-0.2, 0) is 6.18 Å². The van der Waals surface area contributed by atoms with Gasteiger partial charge < -0.3 is 21.5 Å². The van der Waals surface area contributed by atoms with Crippen LogP contribution in [0.3, 0.4) is 0 Å².